The molecule has 38 heavy (non-hydrogen) atoms. The summed E-state index contributed by atoms with van der Waals surface area (Å²) >= 11 is 0. The van der Waals surface area contributed by atoms with Crippen LogP contribution in [0.1, 0.15) is 64.2 Å². The van der Waals surface area contributed by atoms with Crippen molar-refractivity contribution in [3.05, 3.63) is 97.6 Å². The molecule has 0 N–H and O–H groups in total. The molecule has 0 spiro atoms. The van der Waals surface area contributed by atoms with Crippen LogP contribution < -0.4 is 5.56 Å². The average Bonchev–Trinajstić information content (AvgIpc) is 3.42. The van der Waals surface area contributed by atoms with E-state index in [1.807, 2.05) is 38.7 Å². The van der Waals surface area contributed by atoms with Gasteiger partial charge in [-0.15, -0.1) is 0 Å². The zero-order valence-electron chi connectivity index (χ0n) is 22.5. The first-order chi connectivity index (χ1) is 17.9. The number of nitrogens with zero attached hydrogens (tertiary/aromatic N) is 4. The van der Waals surface area contributed by atoms with Crippen LogP contribution in [-0.4, -0.2) is 26.3 Å². The second-order valence-corrected chi connectivity index (χ2v) is 10.6. The van der Waals surface area contributed by atoms with Gasteiger partial charge in [-0.3, -0.25) is 14.4 Å². The largest absolute Gasteiger partial charge is 0.416 e. The van der Waals surface area contributed by atoms with Gasteiger partial charge in [-0.05, 0) is 99.5 Å². The minimum Gasteiger partial charge on any atom is -0.304 e. The molecule has 0 fully saturated rings. The van der Waals surface area contributed by atoms with Crippen LogP contribution >= 0.6 is 0 Å². The fourth-order valence-corrected chi connectivity index (χ4v) is 5.83. The van der Waals surface area contributed by atoms with E-state index >= 15 is 0 Å². The van der Waals surface area contributed by atoms with Crippen LogP contribution in [0.4, 0.5) is 13.2 Å². The summed E-state index contributed by atoms with van der Waals surface area (Å²) in [6.07, 6.45) is -1.41. The van der Waals surface area contributed by atoms with Crippen LogP contribution in [0.3, 0.4) is 0 Å². The summed E-state index contributed by atoms with van der Waals surface area (Å²) in [4.78, 5) is 16.0. The van der Waals surface area contributed by atoms with E-state index in [-0.39, 0.29) is 18.1 Å². The first-order valence-electron chi connectivity index (χ1n) is 13.0. The van der Waals surface area contributed by atoms with Crippen molar-refractivity contribution >= 4 is 10.9 Å². The maximum absolute atomic E-state index is 13.9. The summed E-state index contributed by atoms with van der Waals surface area (Å²) < 4.78 is 43.7. The first-order valence-corrected chi connectivity index (χ1v) is 13.0. The van der Waals surface area contributed by atoms with Gasteiger partial charge in [0.2, 0.25) is 0 Å². The number of hydrogen-bond donors (Lipinski definition) is 0. The molecule has 4 aromatic rings. The number of halogens is 3. The van der Waals surface area contributed by atoms with E-state index in [9.17, 15) is 18.0 Å². The van der Waals surface area contributed by atoms with Crippen molar-refractivity contribution in [1.29, 1.82) is 0 Å². The van der Waals surface area contributed by atoms with Crippen LogP contribution in [-0.2, 0) is 39.2 Å². The lowest BCUT2D eigenvalue weighted by Gasteiger charge is -2.26. The summed E-state index contributed by atoms with van der Waals surface area (Å²) in [5.41, 5.74) is 6.64. The molecule has 2 aromatic heterocycles. The van der Waals surface area contributed by atoms with E-state index in [0.29, 0.717) is 17.7 Å². The number of alkyl halides is 3. The highest BCUT2D eigenvalue weighted by Crippen LogP contribution is 2.31. The Labute approximate surface area is 220 Å². The van der Waals surface area contributed by atoms with Crippen molar-refractivity contribution in [2.24, 2.45) is 7.05 Å². The SMILES string of the molecule is Cc1nn(C)c(C)c1C(C)N(C)Cc1cc2cc3c(cc2n(Cc2cccc(C(F)(F)F)c2)c1=O)CCC3. The summed E-state index contributed by atoms with van der Waals surface area (Å²) in [7, 11) is 3.91. The average molecular weight is 523 g/mol. The van der Waals surface area contributed by atoms with Gasteiger partial charge in [0.05, 0.1) is 23.3 Å². The first kappa shape index (κ1) is 26.2. The van der Waals surface area contributed by atoms with Gasteiger partial charge in [0.1, 0.15) is 0 Å². The van der Waals surface area contributed by atoms with Crippen molar-refractivity contribution < 1.29 is 13.2 Å². The number of pyridine rings is 1. The Hall–Kier alpha value is -3.39. The Bertz CT molecular complexity index is 1580. The summed E-state index contributed by atoms with van der Waals surface area (Å²) in [6, 6.07) is 11.5. The fourth-order valence-electron chi connectivity index (χ4n) is 5.83. The lowest BCUT2D eigenvalue weighted by Crippen LogP contribution is -2.30. The molecule has 5 nitrogen and oxygen atoms in total. The van der Waals surface area contributed by atoms with E-state index in [1.54, 1.807) is 10.6 Å². The molecule has 2 heterocycles. The second-order valence-electron chi connectivity index (χ2n) is 10.6. The van der Waals surface area contributed by atoms with Crippen LogP contribution in [0.5, 0.6) is 0 Å². The number of hydrogen-bond acceptors (Lipinski definition) is 3. The van der Waals surface area contributed by atoms with Gasteiger partial charge in [-0.1, -0.05) is 12.1 Å². The van der Waals surface area contributed by atoms with E-state index < -0.39 is 11.7 Å². The summed E-state index contributed by atoms with van der Waals surface area (Å²) in [5.74, 6) is 0. The third-order valence-corrected chi connectivity index (χ3v) is 8.04. The van der Waals surface area contributed by atoms with Crippen LogP contribution in [0.2, 0.25) is 0 Å². The zero-order valence-corrected chi connectivity index (χ0v) is 22.5. The van der Waals surface area contributed by atoms with Gasteiger partial charge in [0.15, 0.2) is 0 Å². The van der Waals surface area contributed by atoms with Gasteiger partial charge in [0, 0.05) is 36.5 Å². The van der Waals surface area contributed by atoms with Crippen LogP contribution in [0.25, 0.3) is 10.9 Å². The molecular formula is C30H33F3N4O. The molecule has 0 saturated carbocycles. The number of aromatic nitrogens is 3. The van der Waals surface area contributed by atoms with Crippen LogP contribution in [0.15, 0.2) is 47.3 Å². The molecule has 0 saturated heterocycles. The number of fused-ring (bicyclic) bond motifs is 2. The molecule has 1 aliphatic carbocycles. The Balaban J connectivity index is 1.58. The van der Waals surface area contributed by atoms with Gasteiger partial charge in [0.25, 0.3) is 5.56 Å². The lowest BCUT2D eigenvalue weighted by atomic mass is 10.0. The zero-order chi connectivity index (χ0) is 27.4. The van der Waals surface area contributed by atoms with Crippen molar-refractivity contribution in [1.82, 2.24) is 19.2 Å². The van der Waals surface area contributed by atoms with E-state index in [4.69, 9.17) is 0 Å². The third kappa shape index (κ3) is 4.77. The molecule has 8 heteroatoms. The minimum atomic E-state index is -4.44. The van der Waals surface area contributed by atoms with Crippen molar-refractivity contribution in [3.8, 4) is 0 Å². The standard InChI is InChI=1S/C30H33F3N4O/c1-18-28(20(3)36(5)34-18)19(2)35(4)17-25-14-24-13-22-9-7-10-23(22)15-27(24)37(29(25)38)16-21-8-6-11-26(12-21)30(31,32)33/h6,8,11-15,19H,7,9-10,16-17H2,1-5H3. The molecule has 0 radical (unpaired) electrons. The predicted molar refractivity (Wildman–Crippen MR) is 143 cm³/mol. The summed E-state index contributed by atoms with van der Waals surface area (Å²) in [6.45, 7) is 6.62. The predicted octanol–water partition coefficient (Wildman–Crippen LogP) is 6.10. The number of aryl methyl sites for hydroxylation is 4. The molecule has 0 amide bonds. The monoisotopic (exact) mass is 522 g/mol. The molecular weight excluding hydrogens is 489 g/mol. The Morgan fingerprint density at radius 3 is 2.45 bits per heavy atom. The molecule has 0 bridgehead atoms. The quantitative estimate of drug-likeness (QED) is 0.307. The number of rotatable bonds is 6. The fraction of sp³-hybridized carbons (Fsp3) is 0.400. The summed E-state index contributed by atoms with van der Waals surface area (Å²) in [5, 5.41) is 5.49. The van der Waals surface area contributed by atoms with Crippen LogP contribution in [0, 0.1) is 13.8 Å². The molecule has 5 rings (SSSR count). The topological polar surface area (TPSA) is 43.1 Å². The smallest absolute Gasteiger partial charge is 0.304 e. The maximum atomic E-state index is 13.9. The van der Waals surface area contributed by atoms with E-state index in [0.717, 1.165) is 59.2 Å². The van der Waals surface area contributed by atoms with Gasteiger partial charge in [-0.2, -0.15) is 18.3 Å². The highest BCUT2D eigenvalue weighted by Gasteiger charge is 2.30. The highest BCUT2D eigenvalue weighted by molar-refractivity contribution is 5.82. The number of benzene rings is 2. The molecule has 1 unspecified atom stereocenters. The molecule has 1 aliphatic rings. The lowest BCUT2D eigenvalue weighted by molar-refractivity contribution is -0.137. The highest BCUT2D eigenvalue weighted by atomic mass is 19.4. The Morgan fingerprint density at radius 2 is 1.79 bits per heavy atom. The third-order valence-electron chi connectivity index (χ3n) is 8.04. The van der Waals surface area contributed by atoms with Gasteiger partial charge >= 0.3 is 6.18 Å². The molecule has 1 atom stereocenters. The van der Waals surface area contributed by atoms with E-state index in [1.165, 1.54) is 17.2 Å². The van der Waals surface area contributed by atoms with Crippen molar-refractivity contribution in [3.63, 3.8) is 0 Å². The van der Waals surface area contributed by atoms with Crippen molar-refractivity contribution in [2.45, 2.75) is 65.3 Å². The Kier molecular flexibility index (Phi) is 6.71. The molecule has 2 aromatic carbocycles. The minimum absolute atomic E-state index is 0.0238. The van der Waals surface area contributed by atoms with Crippen molar-refractivity contribution in [2.75, 3.05) is 7.05 Å². The maximum Gasteiger partial charge on any atom is 0.416 e. The van der Waals surface area contributed by atoms with Gasteiger partial charge < -0.3 is 4.57 Å². The normalized spacial score (nSPS) is 14.4. The second kappa shape index (κ2) is 9.73. The van der Waals surface area contributed by atoms with E-state index in [2.05, 4.69) is 29.1 Å². The Morgan fingerprint density at radius 1 is 1.08 bits per heavy atom. The van der Waals surface area contributed by atoms with Gasteiger partial charge in [-0.25, -0.2) is 0 Å². The molecule has 200 valence electrons. The molecule has 0 aliphatic heterocycles.